The number of hydrogen-bond acceptors (Lipinski definition) is 4. The molecule has 21 heavy (non-hydrogen) atoms. The molecule has 0 fully saturated rings. The zero-order valence-electron chi connectivity index (χ0n) is 12.7. The van der Waals surface area contributed by atoms with Gasteiger partial charge in [0.05, 0.1) is 0 Å². The fourth-order valence-corrected chi connectivity index (χ4v) is 2.06. The lowest BCUT2D eigenvalue weighted by molar-refractivity contribution is -0.142. The van der Waals surface area contributed by atoms with E-state index in [1.54, 1.807) is 0 Å². The second-order valence-corrected chi connectivity index (χ2v) is 5.22. The van der Waals surface area contributed by atoms with Crippen LogP contribution in [0.15, 0.2) is 0 Å². The van der Waals surface area contributed by atoms with Crippen molar-refractivity contribution in [3.63, 3.8) is 0 Å². The molecule has 0 aromatic carbocycles. The van der Waals surface area contributed by atoms with Gasteiger partial charge in [-0.05, 0) is 38.6 Å². The summed E-state index contributed by atoms with van der Waals surface area (Å²) in [6, 6.07) is -0.809. The van der Waals surface area contributed by atoms with Crippen LogP contribution in [0.25, 0.3) is 0 Å². The van der Waals surface area contributed by atoms with E-state index in [-0.39, 0.29) is 5.91 Å². The Labute approximate surface area is 126 Å². The molecule has 1 atom stereocenters. The number of aliphatic carboxylic acids is 1. The molecule has 1 amide bonds. The highest BCUT2D eigenvalue weighted by molar-refractivity contribution is 5.83. The lowest BCUT2D eigenvalue weighted by Crippen LogP contribution is -2.40. The summed E-state index contributed by atoms with van der Waals surface area (Å²) in [5.74, 6) is -1.20. The van der Waals surface area contributed by atoms with Gasteiger partial charge in [-0.15, -0.1) is 0 Å². The summed E-state index contributed by atoms with van der Waals surface area (Å²) in [5.41, 5.74) is 5.36. The van der Waals surface area contributed by atoms with Crippen molar-refractivity contribution in [2.24, 2.45) is 5.73 Å². The molecule has 0 saturated carbocycles. The van der Waals surface area contributed by atoms with E-state index in [4.69, 9.17) is 10.8 Å². The van der Waals surface area contributed by atoms with Gasteiger partial charge < -0.3 is 21.0 Å². The maximum Gasteiger partial charge on any atom is 0.326 e. The second kappa shape index (κ2) is 13.5. The fraction of sp³-hybridized carbons (Fsp3) is 0.800. The van der Waals surface area contributed by atoms with E-state index >= 15 is 0 Å². The molecule has 4 N–H and O–H groups in total. The second-order valence-electron chi connectivity index (χ2n) is 5.22. The Morgan fingerprint density at radius 2 is 1.71 bits per heavy atom. The average molecular weight is 300 g/mol. The van der Waals surface area contributed by atoms with Gasteiger partial charge in [-0.1, -0.05) is 19.3 Å². The number of nitrogens with two attached hydrogens (primary N) is 1. The van der Waals surface area contributed by atoms with Crippen LogP contribution < -0.4 is 11.1 Å². The van der Waals surface area contributed by atoms with Crippen LogP contribution in [0.5, 0.6) is 0 Å². The van der Waals surface area contributed by atoms with Crippen molar-refractivity contribution < 1.29 is 19.5 Å². The Morgan fingerprint density at radius 1 is 1.05 bits per heavy atom. The molecule has 0 radical (unpaired) electrons. The minimum absolute atomic E-state index is 0.206. The molecule has 0 aliphatic rings. The van der Waals surface area contributed by atoms with Gasteiger partial charge in [0.25, 0.3) is 0 Å². The number of carboxylic acid groups (broad SMARTS) is 1. The Balaban J connectivity index is 3.72. The topological polar surface area (TPSA) is 109 Å². The number of carboxylic acids is 1. The van der Waals surface area contributed by atoms with Crippen molar-refractivity contribution in [3.05, 3.63) is 0 Å². The molecule has 122 valence electrons. The monoisotopic (exact) mass is 300 g/mol. The van der Waals surface area contributed by atoms with Crippen molar-refractivity contribution >= 4 is 18.2 Å². The summed E-state index contributed by atoms with van der Waals surface area (Å²) in [6.45, 7) is 0.532. The predicted molar refractivity (Wildman–Crippen MR) is 80.9 cm³/mol. The van der Waals surface area contributed by atoms with Crippen LogP contribution in [0.2, 0.25) is 0 Å². The minimum Gasteiger partial charge on any atom is -0.480 e. The summed E-state index contributed by atoms with van der Waals surface area (Å²) in [4.78, 5) is 32.8. The molecule has 0 spiro atoms. The highest BCUT2D eigenvalue weighted by atomic mass is 16.4. The molecule has 6 heteroatoms. The Kier molecular flexibility index (Phi) is 12.6. The van der Waals surface area contributed by atoms with E-state index in [0.717, 1.165) is 44.8 Å². The first kappa shape index (κ1) is 19.6. The SMILES string of the molecule is NCCCC[C@H](NC(=O)CCCCCCCC=O)C(=O)O. The number of rotatable bonds is 14. The molecule has 0 aliphatic carbocycles. The molecular formula is C15H28N2O4. The van der Waals surface area contributed by atoms with Gasteiger partial charge in [-0.2, -0.15) is 0 Å². The van der Waals surface area contributed by atoms with Gasteiger partial charge in [0.15, 0.2) is 0 Å². The van der Waals surface area contributed by atoms with E-state index < -0.39 is 12.0 Å². The lowest BCUT2D eigenvalue weighted by atomic mass is 10.1. The van der Waals surface area contributed by atoms with Crippen LogP contribution in [-0.2, 0) is 14.4 Å². The first-order valence-corrected chi connectivity index (χ1v) is 7.77. The zero-order chi connectivity index (χ0) is 15.9. The van der Waals surface area contributed by atoms with Crippen molar-refractivity contribution in [2.75, 3.05) is 6.54 Å². The smallest absolute Gasteiger partial charge is 0.326 e. The maximum atomic E-state index is 11.7. The number of amides is 1. The van der Waals surface area contributed by atoms with Gasteiger partial charge >= 0.3 is 5.97 Å². The van der Waals surface area contributed by atoms with Crippen LogP contribution in [0, 0.1) is 0 Å². The number of carbonyl (C=O) groups excluding carboxylic acids is 2. The van der Waals surface area contributed by atoms with Gasteiger partial charge in [-0.3, -0.25) is 4.79 Å². The molecule has 0 bridgehead atoms. The third-order valence-corrected chi connectivity index (χ3v) is 3.31. The van der Waals surface area contributed by atoms with Crippen LogP contribution in [-0.4, -0.2) is 35.9 Å². The van der Waals surface area contributed by atoms with Crippen LogP contribution in [0.1, 0.15) is 64.2 Å². The van der Waals surface area contributed by atoms with Crippen LogP contribution in [0.3, 0.4) is 0 Å². The van der Waals surface area contributed by atoms with Crippen LogP contribution >= 0.6 is 0 Å². The minimum atomic E-state index is -0.991. The zero-order valence-corrected chi connectivity index (χ0v) is 12.7. The number of hydrogen-bond donors (Lipinski definition) is 3. The quantitative estimate of drug-likeness (QED) is 0.333. The maximum absolute atomic E-state index is 11.7. The first-order valence-electron chi connectivity index (χ1n) is 7.77. The van der Waals surface area contributed by atoms with E-state index in [9.17, 15) is 14.4 Å². The highest BCUT2D eigenvalue weighted by Crippen LogP contribution is 2.07. The van der Waals surface area contributed by atoms with E-state index in [2.05, 4.69) is 5.32 Å². The fourth-order valence-electron chi connectivity index (χ4n) is 2.06. The number of aldehydes is 1. The van der Waals surface area contributed by atoms with Crippen molar-refractivity contribution in [3.8, 4) is 0 Å². The van der Waals surface area contributed by atoms with E-state index in [0.29, 0.717) is 32.2 Å². The molecule has 0 heterocycles. The van der Waals surface area contributed by atoms with E-state index in [1.807, 2.05) is 0 Å². The van der Waals surface area contributed by atoms with Crippen molar-refractivity contribution in [1.29, 1.82) is 0 Å². The molecule has 0 rings (SSSR count). The first-order chi connectivity index (χ1) is 10.1. The van der Waals surface area contributed by atoms with Crippen molar-refractivity contribution in [2.45, 2.75) is 70.3 Å². The normalized spacial score (nSPS) is 11.9. The molecule has 0 aromatic heterocycles. The summed E-state index contributed by atoms with van der Waals surface area (Å²) in [5, 5.41) is 11.6. The van der Waals surface area contributed by atoms with E-state index in [1.165, 1.54) is 0 Å². The summed E-state index contributed by atoms with van der Waals surface area (Å²) in [6.07, 6.45) is 8.34. The molecule has 6 nitrogen and oxygen atoms in total. The molecule has 0 unspecified atom stereocenters. The predicted octanol–water partition coefficient (Wildman–Crippen LogP) is 1.61. The van der Waals surface area contributed by atoms with Gasteiger partial charge in [0.2, 0.25) is 5.91 Å². The number of carbonyl (C=O) groups is 3. The Hall–Kier alpha value is -1.43. The third-order valence-electron chi connectivity index (χ3n) is 3.31. The molecule has 0 saturated heterocycles. The third kappa shape index (κ3) is 12.1. The highest BCUT2D eigenvalue weighted by Gasteiger charge is 2.18. The van der Waals surface area contributed by atoms with Gasteiger partial charge in [-0.25, -0.2) is 4.79 Å². The summed E-state index contributed by atoms with van der Waals surface area (Å²) in [7, 11) is 0. The lowest BCUT2D eigenvalue weighted by Gasteiger charge is -2.14. The summed E-state index contributed by atoms with van der Waals surface area (Å²) >= 11 is 0. The summed E-state index contributed by atoms with van der Waals surface area (Å²) < 4.78 is 0. The number of unbranched alkanes of at least 4 members (excludes halogenated alkanes) is 6. The largest absolute Gasteiger partial charge is 0.480 e. The molecule has 0 aliphatic heterocycles. The molecular weight excluding hydrogens is 272 g/mol. The van der Waals surface area contributed by atoms with Gasteiger partial charge in [0.1, 0.15) is 12.3 Å². The standard InChI is InChI=1S/C15H28N2O4/c16-11-7-6-9-13(15(20)21)17-14(19)10-5-3-1-2-4-8-12-18/h12-13H,1-11,16H2,(H,17,19)(H,20,21)/t13-/m0/s1. The van der Waals surface area contributed by atoms with Crippen LogP contribution in [0.4, 0.5) is 0 Å². The average Bonchev–Trinajstić information content (AvgIpc) is 2.45. The molecule has 0 aromatic rings. The number of nitrogens with one attached hydrogen (secondary N) is 1. The Morgan fingerprint density at radius 3 is 2.33 bits per heavy atom. The Bertz CT molecular complexity index is 308. The van der Waals surface area contributed by atoms with Crippen molar-refractivity contribution in [1.82, 2.24) is 5.32 Å². The van der Waals surface area contributed by atoms with Gasteiger partial charge in [0, 0.05) is 12.8 Å².